The molecule has 0 radical (unpaired) electrons. The largest absolute Gasteiger partial charge is 0.454 e. The third kappa shape index (κ3) is 3.74. The molecule has 24 heavy (non-hydrogen) atoms. The van der Waals surface area contributed by atoms with Gasteiger partial charge in [0.15, 0.2) is 11.5 Å². The molecule has 0 saturated heterocycles. The summed E-state index contributed by atoms with van der Waals surface area (Å²) in [7, 11) is 0. The van der Waals surface area contributed by atoms with Crippen LogP contribution in [0, 0.1) is 5.92 Å². The van der Waals surface area contributed by atoms with E-state index in [0.717, 1.165) is 17.7 Å². The zero-order valence-corrected chi connectivity index (χ0v) is 13.8. The molecule has 1 N–H and O–H groups in total. The minimum Gasteiger partial charge on any atom is -0.454 e. The van der Waals surface area contributed by atoms with Gasteiger partial charge in [-0.3, -0.25) is 4.79 Å². The van der Waals surface area contributed by atoms with E-state index in [4.69, 9.17) is 9.47 Å². The predicted molar refractivity (Wildman–Crippen MR) is 92.5 cm³/mol. The second-order valence-electron chi connectivity index (χ2n) is 6.03. The molecule has 5 nitrogen and oxygen atoms in total. The van der Waals surface area contributed by atoms with Crippen molar-refractivity contribution in [3.63, 3.8) is 0 Å². The molecule has 0 fully saturated rings. The molecule has 0 saturated carbocycles. The lowest BCUT2D eigenvalue weighted by Crippen LogP contribution is -2.20. The van der Waals surface area contributed by atoms with Gasteiger partial charge in [-0.2, -0.15) is 5.10 Å². The van der Waals surface area contributed by atoms with Gasteiger partial charge in [-0.15, -0.1) is 0 Å². The minimum absolute atomic E-state index is 0.186. The summed E-state index contributed by atoms with van der Waals surface area (Å²) in [6.45, 7) is 4.43. The van der Waals surface area contributed by atoms with Crippen molar-refractivity contribution in [3.8, 4) is 11.5 Å². The standard InChI is InChI=1S/C19H20N2O3/c1-13(2)10-16(14-6-4-3-5-7-14)20-21-19(22)15-8-9-17-18(11-15)24-12-23-17/h3-9,11,13H,10,12H2,1-2H3,(H,21,22). The molecule has 1 heterocycles. The number of fused-ring (bicyclic) bond motifs is 1. The molecule has 0 atom stereocenters. The van der Waals surface area contributed by atoms with Gasteiger partial charge in [0, 0.05) is 5.56 Å². The Labute approximate surface area is 141 Å². The monoisotopic (exact) mass is 324 g/mol. The maximum Gasteiger partial charge on any atom is 0.271 e. The van der Waals surface area contributed by atoms with Gasteiger partial charge in [0.2, 0.25) is 6.79 Å². The quantitative estimate of drug-likeness (QED) is 0.675. The average Bonchev–Trinajstić information content (AvgIpc) is 3.06. The van der Waals surface area contributed by atoms with Crippen LogP contribution in [0.3, 0.4) is 0 Å². The van der Waals surface area contributed by atoms with E-state index in [0.29, 0.717) is 23.0 Å². The molecule has 2 aromatic rings. The SMILES string of the molecule is CC(C)CC(=NNC(=O)c1ccc2c(c1)OCO2)c1ccccc1. The average molecular weight is 324 g/mol. The topological polar surface area (TPSA) is 59.9 Å². The molecule has 0 aliphatic carbocycles. The van der Waals surface area contributed by atoms with Crippen molar-refractivity contribution < 1.29 is 14.3 Å². The van der Waals surface area contributed by atoms with E-state index in [2.05, 4.69) is 24.4 Å². The Balaban J connectivity index is 1.77. The van der Waals surface area contributed by atoms with Crippen molar-refractivity contribution in [2.45, 2.75) is 20.3 Å². The molecule has 3 rings (SSSR count). The van der Waals surface area contributed by atoms with Gasteiger partial charge in [0.1, 0.15) is 0 Å². The Morgan fingerprint density at radius 3 is 2.58 bits per heavy atom. The van der Waals surface area contributed by atoms with Gasteiger partial charge >= 0.3 is 0 Å². The van der Waals surface area contributed by atoms with Gasteiger partial charge in [0.05, 0.1) is 5.71 Å². The molecule has 0 unspecified atom stereocenters. The Bertz CT molecular complexity index is 754. The number of ether oxygens (including phenoxy) is 2. The van der Waals surface area contributed by atoms with E-state index in [1.165, 1.54) is 0 Å². The molecule has 1 aliphatic rings. The first kappa shape index (κ1) is 16.1. The molecule has 0 spiro atoms. The zero-order valence-electron chi connectivity index (χ0n) is 13.8. The normalized spacial score (nSPS) is 13.2. The lowest BCUT2D eigenvalue weighted by atomic mass is 10.0. The Morgan fingerprint density at radius 1 is 1.08 bits per heavy atom. The van der Waals surface area contributed by atoms with Crippen molar-refractivity contribution in [2.24, 2.45) is 11.0 Å². The number of carbonyl (C=O) groups is 1. The molecule has 0 bridgehead atoms. The molecular weight excluding hydrogens is 304 g/mol. The number of carbonyl (C=O) groups excluding carboxylic acids is 1. The number of hydrazone groups is 1. The number of amides is 1. The van der Waals surface area contributed by atoms with Gasteiger partial charge in [-0.05, 0) is 36.1 Å². The van der Waals surface area contributed by atoms with Crippen molar-refractivity contribution >= 4 is 11.6 Å². The van der Waals surface area contributed by atoms with Crippen LogP contribution in [-0.2, 0) is 0 Å². The maximum atomic E-state index is 12.4. The Kier molecular flexibility index (Phi) is 4.79. The second-order valence-corrected chi connectivity index (χ2v) is 6.03. The number of hydrogen-bond acceptors (Lipinski definition) is 4. The van der Waals surface area contributed by atoms with Gasteiger partial charge in [0.25, 0.3) is 5.91 Å². The van der Waals surface area contributed by atoms with Crippen LogP contribution in [-0.4, -0.2) is 18.4 Å². The summed E-state index contributed by atoms with van der Waals surface area (Å²) in [5, 5.41) is 4.35. The maximum absolute atomic E-state index is 12.4. The number of hydrogen-bond donors (Lipinski definition) is 1. The third-order valence-corrected chi connectivity index (χ3v) is 3.64. The highest BCUT2D eigenvalue weighted by molar-refractivity contribution is 6.02. The fraction of sp³-hybridized carbons (Fsp3) is 0.263. The van der Waals surface area contributed by atoms with Gasteiger partial charge < -0.3 is 9.47 Å². The summed E-state index contributed by atoms with van der Waals surface area (Å²) < 4.78 is 10.6. The van der Waals surface area contributed by atoms with Gasteiger partial charge in [-0.1, -0.05) is 44.2 Å². The highest BCUT2D eigenvalue weighted by Gasteiger charge is 2.16. The fourth-order valence-electron chi connectivity index (χ4n) is 2.47. The van der Waals surface area contributed by atoms with Crippen molar-refractivity contribution in [1.82, 2.24) is 5.43 Å². The van der Waals surface area contributed by atoms with Crippen LogP contribution in [0.5, 0.6) is 11.5 Å². The highest BCUT2D eigenvalue weighted by Crippen LogP contribution is 2.32. The number of benzene rings is 2. The lowest BCUT2D eigenvalue weighted by molar-refractivity contribution is 0.0954. The minimum atomic E-state index is -0.273. The van der Waals surface area contributed by atoms with Crippen LogP contribution in [0.4, 0.5) is 0 Å². The summed E-state index contributed by atoms with van der Waals surface area (Å²) in [4.78, 5) is 12.4. The molecular formula is C19H20N2O3. The number of nitrogens with zero attached hydrogens (tertiary/aromatic N) is 1. The zero-order chi connectivity index (χ0) is 16.9. The van der Waals surface area contributed by atoms with Crippen molar-refractivity contribution in [1.29, 1.82) is 0 Å². The second kappa shape index (κ2) is 7.17. The summed E-state index contributed by atoms with van der Waals surface area (Å²) >= 11 is 0. The number of rotatable bonds is 5. The van der Waals surface area contributed by atoms with E-state index < -0.39 is 0 Å². The summed E-state index contributed by atoms with van der Waals surface area (Å²) in [5.41, 5.74) is 5.00. The van der Waals surface area contributed by atoms with Crippen molar-refractivity contribution in [3.05, 3.63) is 59.7 Å². The summed E-state index contributed by atoms with van der Waals surface area (Å²) in [6, 6.07) is 15.0. The smallest absolute Gasteiger partial charge is 0.271 e. The molecule has 1 aliphatic heterocycles. The van der Waals surface area contributed by atoms with E-state index in [1.54, 1.807) is 18.2 Å². The summed E-state index contributed by atoms with van der Waals surface area (Å²) in [6.07, 6.45) is 0.783. The van der Waals surface area contributed by atoms with Gasteiger partial charge in [-0.25, -0.2) is 5.43 Å². The van der Waals surface area contributed by atoms with Crippen LogP contribution in [0.2, 0.25) is 0 Å². The Hall–Kier alpha value is -2.82. The highest BCUT2D eigenvalue weighted by atomic mass is 16.7. The molecule has 0 aromatic heterocycles. The fourth-order valence-corrected chi connectivity index (χ4v) is 2.47. The predicted octanol–water partition coefficient (Wildman–Crippen LogP) is 3.60. The first-order chi connectivity index (χ1) is 11.6. The van der Waals surface area contributed by atoms with Crippen molar-refractivity contribution in [2.75, 3.05) is 6.79 Å². The molecule has 5 heteroatoms. The van der Waals surface area contributed by atoms with E-state index in [9.17, 15) is 4.79 Å². The van der Waals surface area contributed by atoms with Crippen LogP contribution < -0.4 is 14.9 Å². The molecule has 1 amide bonds. The van der Waals surface area contributed by atoms with Crippen LogP contribution >= 0.6 is 0 Å². The number of nitrogens with one attached hydrogen (secondary N) is 1. The van der Waals surface area contributed by atoms with E-state index in [-0.39, 0.29) is 12.7 Å². The molecule has 2 aromatic carbocycles. The Morgan fingerprint density at radius 2 is 1.83 bits per heavy atom. The third-order valence-electron chi connectivity index (χ3n) is 3.64. The van der Waals surface area contributed by atoms with Crippen LogP contribution in [0.25, 0.3) is 0 Å². The lowest BCUT2D eigenvalue weighted by Gasteiger charge is -2.10. The molecule has 124 valence electrons. The summed E-state index contributed by atoms with van der Waals surface area (Å²) in [5.74, 6) is 1.40. The van der Waals surface area contributed by atoms with E-state index in [1.807, 2.05) is 30.3 Å². The first-order valence-corrected chi connectivity index (χ1v) is 7.95. The van der Waals surface area contributed by atoms with E-state index >= 15 is 0 Å². The van der Waals surface area contributed by atoms with Crippen LogP contribution in [0.1, 0.15) is 36.2 Å². The first-order valence-electron chi connectivity index (χ1n) is 7.95. The van der Waals surface area contributed by atoms with Crippen LogP contribution in [0.15, 0.2) is 53.6 Å².